The van der Waals surface area contributed by atoms with E-state index < -0.39 is 0 Å². The summed E-state index contributed by atoms with van der Waals surface area (Å²) in [6.45, 7) is 28.3. The SMILES string of the molecule is [C-]#[N+]C(C#N)=C1C=C(/C=C/c2ccc(N(CCCC)CCCC)cc2)OC(/C=C/c2ccc(N(CCCC)CCCC)cc2)=C1.[C-]#[N+]C(C#N)=C1C=C(/C=C/c2ccc(N(c3ccccc3)c3ccccc3)cc2)OC(/C=C/c2ccc(N(c3ccccc3)c3ccccc3)cc2)=C1. The molecule has 0 atom stereocenters. The zero-order chi connectivity index (χ0) is 68.5. The monoisotopic (exact) mass is 1280 g/mol. The van der Waals surface area contributed by atoms with Gasteiger partial charge in [0.05, 0.1) is 25.3 Å². The molecule has 10 nitrogen and oxygen atoms in total. The number of hydrogen-bond acceptors (Lipinski definition) is 8. The zero-order valence-electron chi connectivity index (χ0n) is 56.6. The minimum atomic E-state index is 0.00244. The van der Waals surface area contributed by atoms with Crippen LogP contribution < -0.4 is 19.6 Å². The number of allylic oxidation sites excluding steroid dienone is 12. The molecular formula is C88H84N8O2. The molecule has 10 rings (SSSR count). The fourth-order valence-corrected chi connectivity index (χ4v) is 11.1. The van der Waals surface area contributed by atoms with E-state index in [1.807, 2.05) is 134 Å². The van der Waals surface area contributed by atoms with Gasteiger partial charge in [0, 0.05) is 71.7 Å². The van der Waals surface area contributed by atoms with Gasteiger partial charge < -0.3 is 29.1 Å². The van der Waals surface area contributed by atoms with Crippen molar-refractivity contribution in [2.24, 2.45) is 0 Å². The van der Waals surface area contributed by atoms with Crippen LogP contribution in [0, 0.1) is 35.8 Å². The van der Waals surface area contributed by atoms with Gasteiger partial charge in [0.2, 0.25) is 0 Å². The lowest BCUT2D eigenvalue weighted by atomic mass is 10.1. The molecule has 0 radical (unpaired) electrons. The van der Waals surface area contributed by atoms with E-state index in [4.69, 9.17) is 22.6 Å². The lowest BCUT2D eigenvalue weighted by Gasteiger charge is -2.25. The lowest BCUT2D eigenvalue weighted by Crippen LogP contribution is -2.25. The number of rotatable bonds is 28. The standard InChI is InChI=1S/C48H34N4O.C40H50N4O/c1-50-48(36-49)39-34-46(32-26-37-22-28-44(29-23-37)51(40-14-6-2-7-15-40)41-16-8-3-9-17-41)53-47(35-39)33-27-38-24-30-45(31-25-38)52(42-18-10-4-11-19-42)43-20-12-5-13-21-43;1-6-10-26-43(27-11-7-2)36-20-14-33(15-21-36)18-24-38-30-35(40(32-41)42-5)31-39(45-38)25-19-34-16-22-37(23-17-34)44(28-12-8-3)29-13-9-4/h2-35H;14-25,30-31H,6-13,26-29H2,1-4H3/b32-26+,33-27+;24-18+,25-19+. The Labute approximate surface area is 581 Å². The Morgan fingerprint density at radius 2 is 0.551 bits per heavy atom. The number of nitrogens with zero attached hydrogens (tertiary/aromatic N) is 8. The summed E-state index contributed by atoms with van der Waals surface area (Å²) in [6.07, 6.45) is 31.9. The van der Waals surface area contributed by atoms with Crippen LogP contribution in [0.15, 0.2) is 313 Å². The summed E-state index contributed by atoms with van der Waals surface area (Å²) in [5.41, 5.74) is 14.0. The molecule has 8 aromatic rings. The highest BCUT2D eigenvalue weighted by molar-refractivity contribution is 5.79. The third kappa shape index (κ3) is 20.5. The van der Waals surface area contributed by atoms with Crippen LogP contribution in [0.2, 0.25) is 0 Å². The number of anilines is 8. The zero-order valence-corrected chi connectivity index (χ0v) is 56.6. The van der Waals surface area contributed by atoms with Crippen molar-refractivity contribution >= 4 is 69.8 Å². The van der Waals surface area contributed by atoms with E-state index in [1.165, 1.54) is 62.7 Å². The normalized spacial score (nSPS) is 12.5. The smallest absolute Gasteiger partial charge is 0.269 e. The fraction of sp³-hybridized carbons (Fsp3) is 0.182. The van der Waals surface area contributed by atoms with Gasteiger partial charge in [0.25, 0.3) is 11.4 Å². The van der Waals surface area contributed by atoms with E-state index in [2.05, 4.69) is 203 Å². The Hall–Kier alpha value is -12.1. The van der Waals surface area contributed by atoms with Gasteiger partial charge in [0.15, 0.2) is 0 Å². The maximum atomic E-state index is 9.67. The largest absolute Gasteiger partial charge is 0.457 e. The molecule has 2 aliphatic rings. The first-order valence-electron chi connectivity index (χ1n) is 33.9. The van der Waals surface area contributed by atoms with Gasteiger partial charge in [-0.3, -0.25) is 0 Å². The lowest BCUT2D eigenvalue weighted by molar-refractivity contribution is 0.332. The van der Waals surface area contributed by atoms with Crippen LogP contribution in [0.5, 0.6) is 0 Å². The Balaban J connectivity index is 0.000000233. The second kappa shape index (κ2) is 37.7. The number of hydrogen-bond donors (Lipinski definition) is 0. The van der Waals surface area contributed by atoms with E-state index in [0.29, 0.717) is 34.2 Å². The molecule has 0 N–H and O–H groups in total. The highest BCUT2D eigenvalue weighted by atomic mass is 16.5. The molecule has 0 saturated carbocycles. The molecule has 488 valence electrons. The minimum absolute atomic E-state index is 0.00244. The quantitative estimate of drug-likeness (QED) is 0.0354. The van der Waals surface area contributed by atoms with Crippen molar-refractivity contribution in [3.63, 3.8) is 0 Å². The molecule has 98 heavy (non-hydrogen) atoms. The molecule has 0 aliphatic carbocycles. The van der Waals surface area contributed by atoms with Crippen molar-refractivity contribution in [2.45, 2.75) is 79.1 Å². The van der Waals surface area contributed by atoms with E-state index in [0.717, 1.165) is 82.6 Å². The third-order valence-corrected chi connectivity index (χ3v) is 16.4. The van der Waals surface area contributed by atoms with Crippen molar-refractivity contribution in [1.82, 2.24) is 0 Å². The summed E-state index contributed by atoms with van der Waals surface area (Å²) in [5, 5.41) is 19.2. The molecule has 2 heterocycles. The number of unbranched alkanes of at least 4 members (excludes halogenated alkanes) is 4. The van der Waals surface area contributed by atoms with E-state index in [1.54, 1.807) is 24.3 Å². The maximum Gasteiger partial charge on any atom is 0.269 e. The molecule has 0 bridgehead atoms. The van der Waals surface area contributed by atoms with Gasteiger partial charge in [-0.05, 0) is 205 Å². The first-order valence-corrected chi connectivity index (χ1v) is 33.9. The predicted molar refractivity (Wildman–Crippen MR) is 408 cm³/mol. The summed E-state index contributed by atoms with van der Waals surface area (Å²) in [6, 6.07) is 79.0. The maximum absolute atomic E-state index is 9.67. The summed E-state index contributed by atoms with van der Waals surface area (Å²) in [4.78, 5) is 16.3. The summed E-state index contributed by atoms with van der Waals surface area (Å²) < 4.78 is 12.4. The van der Waals surface area contributed by atoms with Crippen LogP contribution in [0.1, 0.15) is 101 Å². The van der Waals surface area contributed by atoms with Crippen molar-refractivity contribution in [3.05, 3.63) is 358 Å². The Bertz CT molecular complexity index is 4010. The predicted octanol–water partition coefficient (Wildman–Crippen LogP) is 23.6. The Morgan fingerprint density at radius 3 is 0.765 bits per heavy atom. The first kappa shape index (κ1) is 70.2. The highest BCUT2D eigenvalue weighted by Gasteiger charge is 2.17. The molecule has 0 spiro atoms. The number of ether oxygens (including phenoxy) is 2. The van der Waals surface area contributed by atoms with Crippen LogP contribution in [0.25, 0.3) is 34.0 Å². The Morgan fingerprint density at radius 1 is 0.327 bits per heavy atom. The number of para-hydroxylation sites is 4. The van der Waals surface area contributed by atoms with Crippen molar-refractivity contribution < 1.29 is 9.47 Å². The summed E-state index contributed by atoms with van der Waals surface area (Å²) >= 11 is 0. The van der Waals surface area contributed by atoms with Gasteiger partial charge >= 0.3 is 0 Å². The molecule has 2 aliphatic heterocycles. The topological polar surface area (TPSA) is 87.7 Å². The number of benzene rings is 8. The van der Waals surface area contributed by atoms with Crippen LogP contribution in [-0.4, -0.2) is 26.2 Å². The Kier molecular flexibility index (Phi) is 27.0. The van der Waals surface area contributed by atoms with Crippen LogP contribution in [0.4, 0.5) is 45.5 Å². The van der Waals surface area contributed by atoms with E-state index >= 15 is 0 Å². The average molecular weight is 1290 g/mol. The molecule has 0 fully saturated rings. The van der Waals surface area contributed by atoms with Crippen molar-refractivity contribution in [3.8, 4) is 12.1 Å². The summed E-state index contributed by atoms with van der Waals surface area (Å²) in [7, 11) is 0. The highest BCUT2D eigenvalue weighted by Crippen LogP contribution is 2.37. The molecule has 10 heteroatoms. The van der Waals surface area contributed by atoms with Gasteiger partial charge in [0.1, 0.15) is 23.0 Å². The molecular weight excluding hydrogens is 1200 g/mol. The van der Waals surface area contributed by atoms with E-state index in [-0.39, 0.29) is 11.4 Å². The van der Waals surface area contributed by atoms with Crippen LogP contribution >= 0.6 is 0 Å². The van der Waals surface area contributed by atoms with Crippen molar-refractivity contribution in [1.29, 1.82) is 10.5 Å². The van der Waals surface area contributed by atoms with Crippen molar-refractivity contribution in [2.75, 3.05) is 45.8 Å². The van der Waals surface area contributed by atoms with Crippen LogP contribution in [-0.2, 0) is 9.47 Å². The molecule has 0 saturated heterocycles. The van der Waals surface area contributed by atoms with E-state index in [9.17, 15) is 10.5 Å². The molecule has 0 unspecified atom stereocenters. The molecule has 0 amide bonds. The molecule has 8 aromatic carbocycles. The van der Waals surface area contributed by atoms with Crippen LogP contribution in [0.3, 0.4) is 0 Å². The van der Waals surface area contributed by atoms with Gasteiger partial charge in [-0.2, -0.15) is 0 Å². The third-order valence-electron chi connectivity index (χ3n) is 16.4. The number of nitriles is 2. The first-order chi connectivity index (χ1) is 48.2. The van der Waals surface area contributed by atoms with Gasteiger partial charge in [-0.1, -0.05) is 199 Å². The summed E-state index contributed by atoms with van der Waals surface area (Å²) in [5.74, 6) is 2.21. The minimum Gasteiger partial charge on any atom is -0.457 e. The van der Waals surface area contributed by atoms with Gasteiger partial charge in [-0.15, -0.1) is 0 Å². The van der Waals surface area contributed by atoms with Gasteiger partial charge in [-0.25, -0.2) is 20.2 Å². The fourth-order valence-electron chi connectivity index (χ4n) is 11.1. The average Bonchev–Trinajstić information content (AvgIpc) is 1.01. The second-order valence-electron chi connectivity index (χ2n) is 23.5. The molecule has 0 aromatic heterocycles. The second-order valence-corrected chi connectivity index (χ2v) is 23.5.